The highest BCUT2D eigenvalue weighted by Gasteiger charge is 2.40. The average Bonchev–Trinajstić information content (AvgIpc) is 3.45. The number of hydrogen-bond donors (Lipinski definition) is 3. The predicted molar refractivity (Wildman–Crippen MR) is 183 cm³/mol. The lowest BCUT2D eigenvalue weighted by molar-refractivity contribution is -0.135. The SMILES string of the molecule is Cc1sc2nc1CC(=O)NC1(CCN(C(=O)c3ccc(F)cc3)CC1)CC(=O)NCCC[C@H](NC1CCC(F)(F)CC1)C(=O)N1CCC2CC1. The molecule has 7 rings (SSSR count). The van der Waals surface area contributed by atoms with E-state index < -0.39 is 23.3 Å². The summed E-state index contributed by atoms with van der Waals surface area (Å²) < 4.78 is 41.2. The van der Waals surface area contributed by atoms with Gasteiger partial charge in [0.1, 0.15) is 5.82 Å². The van der Waals surface area contributed by atoms with Crippen molar-refractivity contribution in [2.75, 3.05) is 32.7 Å². The van der Waals surface area contributed by atoms with E-state index in [2.05, 4.69) is 16.0 Å². The van der Waals surface area contributed by atoms with E-state index in [0.29, 0.717) is 82.5 Å². The van der Waals surface area contributed by atoms with Crippen LogP contribution in [-0.2, 0) is 20.8 Å². The van der Waals surface area contributed by atoms with E-state index >= 15 is 0 Å². The Balaban J connectivity index is 1.18. The summed E-state index contributed by atoms with van der Waals surface area (Å²) in [6.45, 7) is 4.02. The number of nitrogens with one attached hydrogen (secondary N) is 3. The molecule has 1 spiro atoms. The lowest BCUT2D eigenvalue weighted by Crippen LogP contribution is -2.58. The third kappa shape index (κ3) is 8.85. The van der Waals surface area contributed by atoms with E-state index in [1.807, 2.05) is 11.8 Å². The Morgan fingerprint density at radius 2 is 1.62 bits per heavy atom. The Hall–Kier alpha value is -3.52. The minimum Gasteiger partial charge on any atom is -0.356 e. The molecule has 3 fully saturated rings. The summed E-state index contributed by atoms with van der Waals surface area (Å²) in [7, 11) is 0. The van der Waals surface area contributed by atoms with Crippen molar-refractivity contribution in [1.82, 2.24) is 30.7 Å². The zero-order valence-corrected chi connectivity index (χ0v) is 29.4. The third-order valence-corrected chi connectivity index (χ3v) is 12.0. The van der Waals surface area contributed by atoms with Crippen LogP contribution >= 0.6 is 11.3 Å². The van der Waals surface area contributed by atoms with Crippen LogP contribution in [0, 0.1) is 12.7 Å². The summed E-state index contributed by atoms with van der Waals surface area (Å²) in [6.07, 6.45) is 3.49. The molecule has 5 aliphatic rings. The standard InChI is InChI=1S/C36H47F3N6O4S/c1-23-29-21-30(46)43-35(14-19-45(20-15-35)33(48)25-4-6-26(37)7-5-25)22-31(47)40-16-2-3-28(41-27-8-12-36(38,39)13-9-27)34(49)44-17-10-24(11-18-44)32(42-29)50-23/h4-7,24,27-28,41H,2-3,8-22H2,1H3,(H,40,47)(H,43,46)/t28-/m0/s1. The maximum atomic E-state index is 13.9. The van der Waals surface area contributed by atoms with Crippen molar-refractivity contribution in [1.29, 1.82) is 0 Å². The fourth-order valence-corrected chi connectivity index (χ4v) is 8.89. The maximum Gasteiger partial charge on any atom is 0.253 e. The first-order chi connectivity index (χ1) is 23.9. The maximum absolute atomic E-state index is 13.9. The number of amides is 4. The number of hydrogen-bond acceptors (Lipinski definition) is 7. The zero-order chi connectivity index (χ0) is 35.5. The molecule has 1 aliphatic carbocycles. The molecule has 2 saturated heterocycles. The molecule has 2 aromatic rings. The van der Waals surface area contributed by atoms with Gasteiger partial charge >= 0.3 is 0 Å². The van der Waals surface area contributed by atoms with Crippen LogP contribution in [-0.4, -0.2) is 94.7 Å². The normalized spacial score (nSPS) is 24.3. The van der Waals surface area contributed by atoms with Gasteiger partial charge in [0.25, 0.3) is 5.91 Å². The Morgan fingerprint density at radius 1 is 0.940 bits per heavy atom. The molecule has 0 unspecified atom stereocenters. The number of aromatic nitrogens is 1. The van der Waals surface area contributed by atoms with Crippen LogP contribution in [0.5, 0.6) is 0 Å². The highest BCUT2D eigenvalue weighted by molar-refractivity contribution is 7.11. The lowest BCUT2D eigenvalue weighted by Gasteiger charge is -2.42. The van der Waals surface area contributed by atoms with E-state index in [0.717, 1.165) is 22.7 Å². The smallest absolute Gasteiger partial charge is 0.253 e. The Kier molecular flexibility index (Phi) is 11.2. The van der Waals surface area contributed by atoms with Crippen molar-refractivity contribution in [3.63, 3.8) is 0 Å². The molecule has 0 radical (unpaired) electrons. The van der Waals surface area contributed by atoms with E-state index in [-0.39, 0.29) is 61.3 Å². The van der Waals surface area contributed by atoms with Crippen molar-refractivity contribution in [3.05, 3.63) is 51.2 Å². The van der Waals surface area contributed by atoms with Crippen LogP contribution in [0.4, 0.5) is 13.2 Å². The molecular weight excluding hydrogens is 669 g/mol. The molecule has 10 nitrogen and oxygen atoms in total. The number of thiazole rings is 1. The number of piperidine rings is 2. The van der Waals surface area contributed by atoms with Crippen molar-refractivity contribution < 1.29 is 32.3 Å². The van der Waals surface area contributed by atoms with Crippen LogP contribution in [0.1, 0.15) is 102 Å². The summed E-state index contributed by atoms with van der Waals surface area (Å²) in [5.41, 5.74) is 0.188. The Morgan fingerprint density at radius 3 is 2.30 bits per heavy atom. The minimum atomic E-state index is -2.66. The summed E-state index contributed by atoms with van der Waals surface area (Å²) in [4.78, 5) is 63.3. The average molecular weight is 717 g/mol. The van der Waals surface area contributed by atoms with E-state index in [1.54, 1.807) is 16.2 Å². The molecule has 1 atom stereocenters. The highest BCUT2D eigenvalue weighted by Crippen LogP contribution is 2.35. The van der Waals surface area contributed by atoms with Crippen LogP contribution < -0.4 is 16.0 Å². The monoisotopic (exact) mass is 716 g/mol. The molecular formula is C36H47F3N6O4S. The zero-order valence-electron chi connectivity index (χ0n) is 28.6. The second kappa shape index (κ2) is 15.4. The summed E-state index contributed by atoms with van der Waals surface area (Å²) in [6, 6.07) is 4.69. The number of rotatable bonds is 3. The molecule has 272 valence electrons. The number of benzene rings is 1. The van der Waals surface area contributed by atoms with Gasteiger partial charge < -0.3 is 25.8 Å². The topological polar surface area (TPSA) is 124 Å². The quantitative estimate of drug-likeness (QED) is 0.431. The Bertz CT molecular complexity index is 1540. The molecule has 1 saturated carbocycles. The number of nitrogens with zero attached hydrogens (tertiary/aromatic N) is 3. The van der Waals surface area contributed by atoms with Crippen LogP contribution in [0.3, 0.4) is 0 Å². The van der Waals surface area contributed by atoms with Gasteiger partial charge in [-0.3, -0.25) is 19.2 Å². The van der Waals surface area contributed by atoms with Gasteiger partial charge in [-0.15, -0.1) is 11.3 Å². The number of fused-ring (bicyclic) bond motifs is 11. The van der Waals surface area contributed by atoms with E-state index in [9.17, 15) is 32.3 Å². The van der Waals surface area contributed by atoms with Gasteiger partial charge in [-0.05, 0) is 82.6 Å². The Labute approximate surface area is 294 Å². The predicted octanol–water partition coefficient (Wildman–Crippen LogP) is 4.47. The fraction of sp³-hybridized carbons (Fsp3) is 0.639. The first-order valence-electron chi connectivity index (χ1n) is 17.9. The number of aryl methyl sites for hydroxylation is 1. The molecule has 50 heavy (non-hydrogen) atoms. The van der Waals surface area contributed by atoms with Gasteiger partial charge in [-0.25, -0.2) is 18.2 Å². The highest BCUT2D eigenvalue weighted by atomic mass is 32.1. The van der Waals surface area contributed by atoms with E-state index in [4.69, 9.17) is 4.98 Å². The molecule has 4 amide bonds. The van der Waals surface area contributed by atoms with Crippen LogP contribution in [0.15, 0.2) is 24.3 Å². The van der Waals surface area contributed by atoms with Crippen molar-refractivity contribution in [2.45, 2.75) is 113 Å². The number of likely N-dealkylation sites (tertiary alicyclic amines) is 1. The van der Waals surface area contributed by atoms with Crippen molar-refractivity contribution in [2.24, 2.45) is 0 Å². The second-order valence-electron chi connectivity index (χ2n) is 14.5. The van der Waals surface area contributed by atoms with E-state index in [1.165, 1.54) is 24.3 Å². The molecule has 4 aliphatic heterocycles. The van der Waals surface area contributed by atoms with Gasteiger partial charge in [-0.1, -0.05) is 0 Å². The van der Waals surface area contributed by atoms with Gasteiger partial charge in [0.05, 0.1) is 28.7 Å². The number of carbonyl (C=O) groups is 4. The molecule has 1 aromatic carbocycles. The molecule has 1 aromatic heterocycles. The van der Waals surface area contributed by atoms with Crippen LogP contribution in [0.2, 0.25) is 0 Å². The number of carbonyl (C=O) groups excluding carboxylic acids is 4. The second-order valence-corrected chi connectivity index (χ2v) is 15.7. The fourth-order valence-electron chi connectivity index (χ4n) is 7.78. The summed E-state index contributed by atoms with van der Waals surface area (Å²) in [5.74, 6) is -3.66. The number of halogens is 3. The summed E-state index contributed by atoms with van der Waals surface area (Å²) >= 11 is 1.58. The first-order valence-corrected chi connectivity index (χ1v) is 18.7. The van der Waals surface area contributed by atoms with Crippen molar-refractivity contribution >= 4 is 35.0 Å². The van der Waals surface area contributed by atoms with Gasteiger partial charge in [0.15, 0.2) is 0 Å². The minimum absolute atomic E-state index is 0.0192. The van der Waals surface area contributed by atoms with Crippen LogP contribution in [0.25, 0.3) is 0 Å². The first kappa shape index (κ1) is 36.3. The molecule has 3 N–H and O–H groups in total. The van der Waals surface area contributed by atoms with Gasteiger partial charge in [-0.2, -0.15) is 0 Å². The van der Waals surface area contributed by atoms with Gasteiger partial charge in [0.2, 0.25) is 23.6 Å². The largest absolute Gasteiger partial charge is 0.356 e. The molecule has 14 heteroatoms. The molecule has 4 bridgehead atoms. The lowest BCUT2D eigenvalue weighted by atomic mass is 9.83. The number of alkyl halides is 2. The van der Waals surface area contributed by atoms with Crippen molar-refractivity contribution in [3.8, 4) is 0 Å². The third-order valence-electron chi connectivity index (χ3n) is 10.8. The van der Waals surface area contributed by atoms with Gasteiger partial charge in [0, 0.05) is 74.4 Å². The summed E-state index contributed by atoms with van der Waals surface area (Å²) in [5, 5.41) is 10.5. The molecule has 5 heterocycles.